The van der Waals surface area contributed by atoms with Crippen LogP contribution in [0.5, 0.6) is 5.75 Å². The number of anilines is 1. The lowest BCUT2D eigenvalue weighted by atomic mass is 10.2. The lowest BCUT2D eigenvalue weighted by Crippen LogP contribution is -2.20. The van der Waals surface area contributed by atoms with Crippen molar-refractivity contribution in [1.29, 1.82) is 0 Å². The second-order valence-electron chi connectivity index (χ2n) is 5.55. The van der Waals surface area contributed by atoms with Crippen LogP contribution in [0.1, 0.15) is 36.2 Å². The van der Waals surface area contributed by atoms with Gasteiger partial charge in [-0.2, -0.15) is 0 Å². The number of rotatable bonds is 8. The minimum Gasteiger partial charge on any atom is -0.484 e. The second kappa shape index (κ2) is 9.47. The maximum atomic E-state index is 12.0. The smallest absolute Gasteiger partial charge is 0.338 e. The number of benzene rings is 2. The molecule has 2 aromatic carbocycles. The van der Waals surface area contributed by atoms with E-state index in [0.717, 1.165) is 12.8 Å². The third kappa shape index (κ3) is 5.95. The first-order chi connectivity index (χ1) is 12.1. The number of aryl methyl sites for hydroxylation is 1. The first kappa shape index (κ1) is 18.5. The van der Waals surface area contributed by atoms with Gasteiger partial charge in [0.15, 0.2) is 6.61 Å². The van der Waals surface area contributed by atoms with E-state index in [1.807, 2.05) is 31.2 Å². The SMILES string of the molecule is CCCOC(=O)c1cccc(NC(=O)COc2ccc(CC)cc2)c1. The summed E-state index contributed by atoms with van der Waals surface area (Å²) in [4.78, 5) is 23.9. The van der Waals surface area contributed by atoms with Gasteiger partial charge in [0.05, 0.1) is 12.2 Å². The predicted octanol–water partition coefficient (Wildman–Crippen LogP) is 3.83. The number of esters is 1. The molecule has 5 heteroatoms. The molecule has 2 aromatic rings. The van der Waals surface area contributed by atoms with E-state index < -0.39 is 5.97 Å². The largest absolute Gasteiger partial charge is 0.484 e. The summed E-state index contributed by atoms with van der Waals surface area (Å²) < 4.78 is 10.6. The molecule has 0 saturated heterocycles. The minimum atomic E-state index is -0.398. The molecule has 0 spiro atoms. The van der Waals surface area contributed by atoms with E-state index in [2.05, 4.69) is 12.2 Å². The highest BCUT2D eigenvalue weighted by Crippen LogP contribution is 2.14. The summed E-state index contributed by atoms with van der Waals surface area (Å²) in [5.74, 6) is -0.0481. The molecule has 0 aliphatic rings. The molecule has 132 valence electrons. The van der Waals surface area contributed by atoms with E-state index in [9.17, 15) is 9.59 Å². The van der Waals surface area contributed by atoms with Crippen molar-refractivity contribution in [3.63, 3.8) is 0 Å². The number of hydrogen-bond acceptors (Lipinski definition) is 4. The van der Waals surface area contributed by atoms with Crippen molar-refractivity contribution in [3.8, 4) is 5.75 Å². The summed E-state index contributed by atoms with van der Waals surface area (Å²) in [5, 5.41) is 2.71. The molecule has 0 aliphatic carbocycles. The van der Waals surface area contributed by atoms with Gasteiger partial charge in [0.1, 0.15) is 5.75 Å². The van der Waals surface area contributed by atoms with Crippen LogP contribution in [-0.2, 0) is 16.0 Å². The molecular weight excluding hydrogens is 318 g/mol. The van der Waals surface area contributed by atoms with Crippen molar-refractivity contribution < 1.29 is 19.1 Å². The number of ether oxygens (including phenoxy) is 2. The zero-order chi connectivity index (χ0) is 18.1. The van der Waals surface area contributed by atoms with E-state index in [-0.39, 0.29) is 12.5 Å². The molecular formula is C20H23NO4. The van der Waals surface area contributed by atoms with Crippen molar-refractivity contribution in [2.45, 2.75) is 26.7 Å². The quantitative estimate of drug-likeness (QED) is 0.741. The molecule has 0 unspecified atom stereocenters. The number of hydrogen-bond donors (Lipinski definition) is 1. The molecule has 0 fully saturated rings. The van der Waals surface area contributed by atoms with E-state index in [1.165, 1.54) is 5.56 Å². The Morgan fingerprint density at radius 2 is 1.80 bits per heavy atom. The van der Waals surface area contributed by atoms with Gasteiger partial charge >= 0.3 is 5.97 Å². The van der Waals surface area contributed by atoms with Crippen molar-refractivity contribution in [1.82, 2.24) is 0 Å². The Bertz CT molecular complexity index is 710. The van der Waals surface area contributed by atoms with Crippen LogP contribution in [0.2, 0.25) is 0 Å². The maximum absolute atomic E-state index is 12.0. The fourth-order valence-electron chi connectivity index (χ4n) is 2.17. The summed E-state index contributed by atoms with van der Waals surface area (Å²) in [5.41, 5.74) is 2.15. The number of carbonyl (C=O) groups excluding carboxylic acids is 2. The van der Waals surface area contributed by atoms with Gasteiger partial charge in [-0.1, -0.05) is 32.0 Å². The monoisotopic (exact) mass is 341 g/mol. The third-order valence-corrected chi connectivity index (χ3v) is 3.52. The fraction of sp³-hybridized carbons (Fsp3) is 0.300. The van der Waals surface area contributed by atoms with Gasteiger partial charge in [0.2, 0.25) is 0 Å². The van der Waals surface area contributed by atoms with E-state index >= 15 is 0 Å². The molecule has 0 radical (unpaired) electrons. The Morgan fingerprint density at radius 1 is 1.04 bits per heavy atom. The van der Waals surface area contributed by atoms with Crippen LogP contribution in [0.15, 0.2) is 48.5 Å². The first-order valence-corrected chi connectivity index (χ1v) is 8.41. The lowest BCUT2D eigenvalue weighted by Gasteiger charge is -2.09. The molecule has 2 rings (SSSR count). The van der Waals surface area contributed by atoms with Gasteiger partial charge in [0.25, 0.3) is 5.91 Å². The highest BCUT2D eigenvalue weighted by molar-refractivity contribution is 5.95. The third-order valence-electron chi connectivity index (χ3n) is 3.52. The van der Waals surface area contributed by atoms with Crippen LogP contribution in [-0.4, -0.2) is 25.1 Å². The average molecular weight is 341 g/mol. The molecule has 0 saturated carbocycles. The fourth-order valence-corrected chi connectivity index (χ4v) is 2.17. The zero-order valence-corrected chi connectivity index (χ0v) is 14.6. The van der Waals surface area contributed by atoms with Crippen molar-refractivity contribution in [2.75, 3.05) is 18.5 Å². The second-order valence-corrected chi connectivity index (χ2v) is 5.55. The normalized spacial score (nSPS) is 10.2. The molecule has 0 aromatic heterocycles. The van der Waals surface area contributed by atoms with E-state index in [1.54, 1.807) is 24.3 Å². The zero-order valence-electron chi connectivity index (χ0n) is 14.6. The Labute approximate surface area is 148 Å². The van der Waals surface area contributed by atoms with Gasteiger partial charge in [-0.05, 0) is 48.7 Å². The first-order valence-electron chi connectivity index (χ1n) is 8.41. The van der Waals surface area contributed by atoms with Gasteiger partial charge < -0.3 is 14.8 Å². The molecule has 1 N–H and O–H groups in total. The van der Waals surface area contributed by atoms with Crippen LogP contribution in [0.25, 0.3) is 0 Å². The predicted molar refractivity (Wildman–Crippen MR) is 97.0 cm³/mol. The minimum absolute atomic E-state index is 0.101. The Balaban J connectivity index is 1.88. The van der Waals surface area contributed by atoms with Crippen molar-refractivity contribution in [3.05, 3.63) is 59.7 Å². The molecule has 1 amide bonds. The summed E-state index contributed by atoms with van der Waals surface area (Å²) in [7, 11) is 0. The molecule has 0 heterocycles. The summed E-state index contributed by atoms with van der Waals surface area (Å²) in [6, 6.07) is 14.3. The molecule has 0 bridgehead atoms. The van der Waals surface area contributed by atoms with Crippen LogP contribution in [0.3, 0.4) is 0 Å². The molecule has 0 aliphatic heterocycles. The lowest BCUT2D eigenvalue weighted by molar-refractivity contribution is -0.118. The average Bonchev–Trinajstić information content (AvgIpc) is 2.65. The van der Waals surface area contributed by atoms with Gasteiger partial charge in [-0.3, -0.25) is 4.79 Å². The number of amides is 1. The topological polar surface area (TPSA) is 64.6 Å². The van der Waals surface area contributed by atoms with E-state index in [0.29, 0.717) is 23.6 Å². The Kier molecular flexibility index (Phi) is 7.01. The van der Waals surface area contributed by atoms with Gasteiger partial charge in [-0.15, -0.1) is 0 Å². The summed E-state index contributed by atoms with van der Waals surface area (Å²) >= 11 is 0. The molecule has 25 heavy (non-hydrogen) atoms. The Hall–Kier alpha value is -2.82. The molecule has 0 atom stereocenters. The number of carbonyl (C=O) groups is 2. The summed E-state index contributed by atoms with van der Waals surface area (Å²) in [6.45, 7) is 4.28. The van der Waals surface area contributed by atoms with Crippen molar-refractivity contribution in [2.24, 2.45) is 0 Å². The summed E-state index contributed by atoms with van der Waals surface area (Å²) in [6.07, 6.45) is 1.72. The highest BCUT2D eigenvalue weighted by Gasteiger charge is 2.09. The maximum Gasteiger partial charge on any atom is 0.338 e. The van der Waals surface area contributed by atoms with Crippen LogP contribution in [0, 0.1) is 0 Å². The Morgan fingerprint density at radius 3 is 2.48 bits per heavy atom. The van der Waals surface area contributed by atoms with E-state index in [4.69, 9.17) is 9.47 Å². The van der Waals surface area contributed by atoms with Gasteiger partial charge in [0, 0.05) is 5.69 Å². The number of nitrogens with one attached hydrogen (secondary N) is 1. The van der Waals surface area contributed by atoms with Crippen molar-refractivity contribution >= 4 is 17.6 Å². The van der Waals surface area contributed by atoms with Gasteiger partial charge in [-0.25, -0.2) is 4.79 Å². The highest BCUT2D eigenvalue weighted by atomic mass is 16.5. The van der Waals surface area contributed by atoms with Crippen LogP contribution >= 0.6 is 0 Å². The molecule has 5 nitrogen and oxygen atoms in total. The van der Waals surface area contributed by atoms with Crippen LogP contribution < -0.4 is 10.1 Å². The standard InChI is InChI=1S/C20H23NO4/c1-3-12-24-20(23)16-6-5-7-17(13-16)21-19(22)14-25-18-10-8-15(4-2)9-11-18/h5-11,13H,3-4,12,14H2,1-2H3,(H,21,22). The van der Waals surface area contributed by atoms with Crippen LogP contribution in [0.4, 0.5) is 5.69 Å².